The zero-order valence-corrected chi connectivity index (χ0v) is 25.2. The van der Waals surface area contributed by atoms with Crippen LogP contribution in [0.1, 0.15) is 82.8 Å². The third-order valence-corrected chi connectivity index (χ3v) is 8.53. The van der Waals surface area contributed by atoms with Crippen molar-refractivity contribution in [2.24, 2.45) is 5.92 Å². The Kier molecular flexibility index (Phi) is 12.0. The molecule has 0 aromatic heterocycles. The van der Waals surface area contributed by atoms with E-state index >= 15 is 0 Å². The number of phenolic OH excluding ortho intramolecular Hbond substituents is 1. The van der Waals surface area contributed by atoms with Crippen LogP contribution in [0.15, 0.2) is 35.9 Å². The second-order valence-electron chi connectivity index (χ2n) is 10.9. The van der Waals surface area contributed by atoms with E-state index in [0.717, 1.165) is 49.7 Å². The van der Waals surface area contributed by atoms with E-state index in [4.69, 9.17) is 23.3 Å². The molecule has 224 valence electrons. The zero-order valence-electron chi connectivity index (χ0n) is 24.3. The van der Waals surface area contributed by atoms with Gasteiger partial charge in [0.25, 0.3) is 0 Å². The SMILES string of the molecule is C=C(C)[C@@H]1CCC(C)=C[C@H]1c1c(O)cc(CCCCC)cc1OC(=O)C1(OP(=O)(O)OCCOCCOC)CC1. The minimum absolute atomic E-state index is 0.0643. The number of phosphoric acid groups is 1. The summed E-state index contributed by atoms with van der Waals surface area (Å²) in [6.45, 7) is 10.9. The predicted molar refractivity (Wildman–Crippen MR) is 153 cm³/mol. The van der Waals surface area contributed by atoms with Crippen LogP contribution in [0, 0.1) is 5.92 Å². The number of carbonyl (C=O) groups is 1. The molecule has 0 radical (unpaired) electrons. The van der Waals surface area contributed by atoms with Crippen molar-refractivity contribution in [3.05, 3.63) is 47.1 Å². The van der Waals surface area contributed by atoms with Crippen molar-refractivity contribution in [2.75, 3.05) is 33.5 Å². The smallest absolute Gasteiger partial charge is 0.473 e. The summed E-state index contributed by atoms with van der Waals surface area (Å²) in [4.78, 5) is 23.7. The van der Waals surface area contributed by atoms with E-state index in [1.54, 1.807) is 19.2 Å². The number of phosphoric ester groups is 1. The molecule has 40 heavy (non-hydrogen) atoms. The lowest BCUT2D eigenvalue weighted by atomic mass is 9.73. The summed E-state index contributed by atoms with van der Waals surface area (Å²) in [5.41, 5.74) is 1.98. The van der Waals surface area contributed by atoms with E-state index in [2.05, 4.69) is 26.5 Å². The molecule has 3 rings (SSSR count). The fraction of sp³-hybridized carbons (Fsp3) is 0.633. The number of methoxy groups -OCH3 is 1. The summed E-state index contributed by atoms with van der Waals surface area (Å²) in [5.74, 6) is -0.624. The number of hydrogen-bond donors (Lipinski definition) is 2. The molecule has 0 aliphatic heterocycles. The number of unbranched alkanes of at least 4 members (excludes halogenated alkanes) is 2. The Balaban J connectivity index is 1.83. The van der Waals surface area contributed by atoms with Gasteiger partial charge < -0.3 is 24.2 Å². The van der Waals surface area contributed by atoms with Crippen molar-refractivity contribution in [3.63, 3.8) is 0 Å². The molecule has 1 saturated carbocycles. The maximum absolute atomic E-state index is 13.4. The van der Waals surface area contributed by atoms with Gasteiger partial charge in [-0.15, -0.1) is 0 Å². The monoisotopic (exact) mass is 580 g/mol. The number of esters is 1. The molecule has 1 unspecified atom stereocenters. The molecular formula is C30H45O9P. The first-order valence-electron chi connectivity index (χ1n) is 14.2. The van der Waals surface area contributed by atoms with Gasteiger partial charge in [0.15, 0.2) is 5.60 Å². The van der Waals surface area contributed by atoms with Gasteiger partial charge in [0.1, 0.15) is 11.5 Å². The summed E-state index contributed by atoms with van der Waals surface area (Å²) < 4.78 is 39.0. The highest BCUT2D eigenvalue weighted by atomic mass is 31.2. The number of ether oxygens (including phenoxy) is 3. The van der Waals surface area contributed by atoms with Gasteiger partial charge in [-0.05, 0) is 76.0 Å². The lowest BCUT2D eigenvalue weighted by Gasteiger charge is -2.32. The first-order chi connectivity index (χ1) is 19.0. The molecule has 9 nitrogen and oxygen atoms in total. The summed E-state index contributed by atoms with van der Waals surface area (Å²) in [7, 11) is -3.01. The predicted octanol–water partition coefficient (Wildman–Crippen LogP) is 6.38. The lowest BCUT2D eigenvalue weighted by molar-refractivity contribution is -0.145. The Hall–Kier alpha value is -2.00. The standard InChI is InChI=1S/C30H45O9P/c1-6-7-8-9-23-19-26(31)28(25-18-22(4)10-11-24(25)21(2)3)27(20-23)38-29(32)30(12-13-30)39-40(33,34)37-17-16-36-15-14-35-5/h18-20,24-25,31H,2,6-17H2,1,3-5H3,(H,33,34)/t24-,25+/m0/s1. The molecule has 1 aromatic rings. The van der Waals surface area contributed by atoms with E-state index in [1.165, 1.54) is 5.57 Å². The number of aryl methyl sites for hydroxylation is 1. The van der Waals surface area contributed by atoms with Crippen molar-refractivity contribution in [3.8, 4) is 11.5 Å². The normalized spacial score (nSPS) is 21.4. The first-order valence-corrected chi connectivity index (χ1v) is 15.7. The number of benzene rings is 1. The summed E-state index contributed by atoms with van der Waals surface area (Å²) in [6, 6.07) is 3.56. The van der Waals surface area contributed by atoms with E-state index in [1.807, 2.05) is 6.92 Å². The van der Waals surface area contributed by atoms with Crippen molar-refractivity contribution in [1.29, 1.82) is 0 Å². The van der Waals surface area contributed by atoms with Crippen LogP contribution in [-0.4, -0.2) is 55.1 Å². The maximum atomic E-state index is 13.4. The summed E-state index contributed by atoms with van der Waals surface area (Å²) in [5, 5.41) is 11.3. The summed E-state index contributed by atoms with van der Waals surface area (Å²) >= 11 is 0. The Labute approximate surface area is 238 Å². The molecule has 1 aromatic carbocycles. The van der Waals surface area contributed by atoms with E-state index in [-0.39, 0.29) is 49.4 Å². The van der Waals surface area contributed by atoms with Gasteiger partial charge in [0, 0.05) is 18.6 Å². The van der Waals surface area contributed by atoms with Crippen molar-refractivity contribution in [1.82, 2.24) is 0 Å². The van der Waals surface area contributed by atoms with E-state index in [0.29, 0.717) is 18.8 Å². The molecule has 0 spiro atoms. The van der Waals surface area contributed by atoms with Gasteiger partial charge in [-0.2, -0.15) is 0 Å². The molecule has 0 heterocycles. The van der Waals surface area contributed by atoms with Gasteiger partial charge in [0.05, 0.1) is 26.4 Å². The second-order valence-corrected chi connectivity index (χ2v) is 12.3. The Bertz CT molecular complexity index is 1110. The van der Waals surface area contributed by atoms with Crippen LogP contribution in [0.3, 0.4) is 0 Å². The van der Waals surface area contributed by atoms with Crippen molar-refractivity contribution >= 4 is 13.8 Å². The van der Waals surface area contributed by atoms with Gasteiger partial charge >= 0.3 is 13.8 Å². The molecule has 2 aliphatic carbocycles. The third-order valence-electron chi connectivity index (χ3n) is 7.45. The highest BCUT2D eigenvalue weighted by molar-refractivity contribution is 7.47. The van der Waals surface area contributed by atoms with Crippen molar-refractivity contribution < 1.29 is 42.6 Å². The Morgan fingerprint density at radius 1 is 1.18 bits per heavy atom. The molecule has 2 N–H and O–H groups in total. The van der Waals surface area contributed by atoms with Crippen LogP contribution in [0.4, 0.5) is 0 Å². The van der Waals surface area contributed by atoms with Crippen molar-refractivity contribution in [2.45, 2.75) is 83.7 Å². The summed E-state index contributed by atoms with van der Waals surface area (Å²) in [6.07, 6.45) is 8.12. The van der Waals surface area contributed by atoms with Gasteiger partial charge in [0.2, 0.25) is 0 Å². The molecule has 10 heteroatoms. The second kappa shape index (κ2) is 14.8. The Morgan fingerprint density at radius 2 is 1.90 bits per heavy atom. The third kappa shape index (κ3) is 9.00. The van der Waals surface area contributed by atoms with Gasteiger partial charge in [-0.25, -0.2) is 9.36 Å². The molecular weight excluding hydrogens is 535 g/mol. The van der Waals surface area contributed by atoms with E-state index < -0.39 is 19.4 Å². The minimum Gasteiger partial charge on any atom is -0.507 e. The largest absolute Gasteiger partial charge is 0.507 e. The fourth-order valence-electron chi connectivity index (χ4n) is 5.06. The quantitative estimate of drug-likeness (QED) is 0.0711. The topological polar surface area (TPSA) is 121 Å². The number of rotatable bonds is 17. The number of aromatic hydroxyl groups is 1. The maximum Gasteiger partial charge on any atom is 0.473 e. The lowest BCUT2D eigenvalue weighted by Crippen LogP contribution is -2.31. The zero-order chi connectivity index (χ0) is 29.3. The van der Waals surface area contributed by atoms with Crippen LogP contribution >= 0.6 is 7.82 Å². The Morgan fingerprint density at radius 3 is 2.55 bits per heavy atom. The molecule has 2 aliphatic rings. The number of hydrogen-bond acceptors (Lipinski definition) is 8. The van der Waals surface area contributed by atoms with Crippen LogP contribution in [0.2, 0.25) is 0 Å². The van der Waals surface area contributed by atoms with Crippen LogP contribution in [0.25, 0.3) is 0 Å². The van der Waals surface area contributed by atoms with Gasteiger partial charge in [-0.1, -0.05) is 43.6 Å². The molecule has 1 fully saturated rings. The average molecular weight is 581 g/mol. The average Bonchev–Trinajstić information content (AvgIpc) is 3.66. The number of allylic oxidation sites excluding steroid dienone is 3. The van der Waals surface area contributed by atoms with Gasteiger partial charge in [-0.3, -0.25) is 9.05 Å². The van der Waals surface area contributed by atoms with Crippen LogP contribution in [-0.2, 0) is 34.3 Å². The number of carbonyl (C=O) groups excluding carboxylic acids is 1. The van der Waals surface area contributed by atoms with Crippen LogP contribution < -0.4 is 4.74 Å². The molecule has 0 saturated heterocycles. The number of phenols is 1. The molecule has 3 atom stereocenters. The van der Waals surface area contributed by atoms with Crippen LogP contribution in [0.5, 0.6) is 11.5 Å². The fourth-order valence-corrected chi connectivity index (χ4v) is 6.12. The minimum atomic E-state index is -4.56. The molecule has 0 bridgehead atoms. The highest BCUT2D eigenvalue weighted by Crippen LogP contribution is 2.56. The molecule has 0 amide bonds. The van der Waals surface area contributed by atoms with E-state index in [9.17, 15) is 19.4 Å². The first kappa shape index (κ1) is 32.5. The highest BCUT2D eigenvalue weighted by Gasteiger charge is 2.58.